The van der Waals surface area contributed by atoms with E-state index in [1.807, 2.05) is 24.3 Å². The summed E-state index contributed by atoms with van der Waals surface area (Å²) >= 11 is 12.5. The van der Waals surface area contributed by atoms with E-state index in [0.29, 0.717) is 45.6 Å². The third-order valence-corrected chi connectivity index (χ3v) is 6.39. The molecule has 0 aliphatic heterocycles. The first-order valence-electron chi connectivity index (χ1n) is 12.2. The van der Waals surface area contributed by atoms with Gasteiger partial charge in [-0.3, -0.25) is 9.59 Å². The monoisotopic (exact) mass is 562 g/mol. The van der Waals surface area contributed by atoms with Crippen molar-refractivity contribution in [3.05, 3.63) is 87.9 Å². The topological polar surface area (TPSA) is 90.7 Å². The number of anilines is 2. The van der Waals surface area contributed by atoms with Crippen LogP contribution in [0.3, 0.4) is 0 Å². The largest absolute Gasteiger partial charge is 0.464 e. The highest BCUT2D eigenvalue weighted by atomic mass is 35.5. The second kappa shape index (κ2) is 14.9. The van der Waals surface area contributed by atoms with Gasteiger partial charge in [-0.1, -0.05) is 59.6 Å². The number of nitrogens with one attached hydrogen (secondary N) is 1. The molecule has 0 radical (unpaired) electrons. The Morgan fingerprint density at radius 3 is 2.21 bits per heavy atom. The Bertz CT molecular complexity index is 1340. The summed E-state index contributed by atoms with van der Waals surface area (Å²) in [7, 11) is 0. The zero-order valence-corrected chi connectivity index (χ0v) is 22.7. The Labute approximate surface area is 238 Å². The van der Waals surface area contributed by atoms with E-state index in [0.717, 1.165) is 5.56 Å². The van der Waals surface area contributed by atoms with Gasteiger partial charge in [0.2, 0.25) is 0 Å². The zero-order valence-electron chi connectivity index (χ0n) is 21.2. The van der Waals surface area contributed by atoms with Gasteiger partial charge in [-0.2, -0.15) is 0 Å². The zero-order chi connectivity index (χ0) is 28.2. The van der Waals surface area contributed by atoms with E-state index in [-0.39, 0.29) is 25.4 Å². The highest BCUT2D eigenvalue weighted by molar-refractivity contribution is 6.39. The van der Waals surface area contributed by atoms with Crippen LogP contribution in [-0.4, -0.2) is 24.6 Å². The number of carbonyl (C=O) groups is 2. The van der Waals surface area contributed by atoms with E-state index < -0.39 is 18.0 Å². The number of carbonyl (C=O) groups excluding carboxylic acids is 2. The fourth-order valence-corrected chi connectivity index (χ4v) is 4.22. The number of nitrogens with two attached hydrogens (primary N) is 1. The minimum atomic E-state index is -0.855. The van der Waals surface area contributed by atoms with Crippen molar-refractivity contribution in [2.45, 2.75) is 31.7 Å². The van der Waals surface area contributed by atoms with E-state index in [1.54, 1.807) is 42.5 Å². The molecule has 0 spiro atoms. The maximum atomic E-state index is 12.7. The Morgan fingerprint density at radius 2 is 1.56 bits per heavy atom. The number of halogens is 2. The van der Waals surface area contributed by atoms with E-state index in [2.05, 4.69) is 17.2 Å². The molecular weight excluding hydrogens is 535 g/mol. The predicted molar refractivity (Wildman–Crippen MR) is 155 cm³/mol. The van der Waals surface area contributed by atoms with Crippen molar-refractivity contribution in [3.63, 3.8) is 0 Å². The molecule has 3 N–H and O–H groups in total. The highest BCUT2D eigenvalue weighted by Gasteiger charge is 2.18. The van der Waals surface area contributed by atoms with Gasteiger partial charge < -0.3 is 20.5 Å². The van der Waals surface area contributed by atoms with E-state index in [1.165, 1.54) is 0 Å². The summed E-state index contributed by atoms with van der Waals surface area (Å²) in [6.07, 6.45) is 11.8. The fraction of sp³-hybridized carbons (Fsp3) is 0.226. The molecule has 39 heavy (non-hydrogen) atoms. The molecule has 6 nitrogen and oxygen atoms in total. The maximum absolute atomic E-state index is 12.7. The molecule has 1 unspecified atom stereocenters. The van der Waals surface area contributed by atoms with Crippen molar-refractivity contribution >= 4 is 46.5 Å². The molecule has 0 aromatic heterocycles. The molecule has 3 aromatic rings. The van der Waals surface area contributed by atoms with Gasteiger partial charge in [0.1, 0.15) is 11.8 Å². The summed E-state index contributed by atoms with van der Waals surface area (Å²) in [5, 5.41) is 4.13. The van der Waals surface area contributed by atoms with Gasteiger partial charge in [0.25, 0.3) is 0 Å². The third-order valence-electron chi connectivity index (χ3n) is 5.76. The molecule has 0 amide bonds. The van der Waals surface area contributed by atoms with E-state index >= 15 is 0 Å². The van der Waals surface area contributed by atoms with E-state index in [4.69, 9.17) is 51.3 Å². The number of rotatable bonds is 12. The summed E-state index contributed by atoms with van der Waals surface area (Å²) < 4.78 is 10.8. The van der Waals surface area contributed by atoms with Gasteiger partial charge in [0.15, 0.2) is 0 Å². The summed E-state index contributed by atoms with van der Waals surface area (Å²) in [5.41, 5.74) is 8.75. The molecule has 0 heterocycles. The normalized spacial score (nSPS) is 11.2. The molecule has 8 heteroatoms. The van der Waals surface area contributed by atoms with Crippen molar-refractivity contribution in [3.8, 4) is 30.4 Å². The van der Waals surface area contributed by atoms with Gasteiger partial charge in [-0.05, 0) is 47.9 Å². The van der Waals surface area contributed by atoms with Crippen molar-refractivity contribution < 1.29 is 19.1 Å². The number of benzene rings is 3. The van der Waals surface area contributed by atoms with Crippen LogP contribution >= 0.6 is 23.2 Å². The van der Waals surface area contributed by atoms with Crippen LogP contribution in [0.4, 0.5) is 11.4 Å². The summed E-state index contributed by atoms with van der Waals surface area (Å²) in [6.45, 7) is 0.125. The Hall–Kier alpha value is -3.94. The van der Waals surface area contributed by atoms with Crippen LogP contribution in [0.2, 0.25) is 10.0 Å². The first-order chi connectivity index (χ1) is 18.8. The molecule has 0 bridgehead atoms. The van der Waals surface area contributed by atoms with Crippen molar-refractivity contribution in [1.29, 1.82) is 0 Å². The maximum Gasteiger partial charge on any atom is 0.323 e. The Balaban J connectivity index is 1.54. The summed E-state index contributed by atoms with van der Waals surface area (Å²) in [5.74, 6) is 4.34. The quantitative estimate of drug-likeness (QED) is 0.161. The third kappa shape index (κ3) is 9.09. The van der Waals surface area contributed by atoms with Gasteiger partial charge >= 0.3 is 11.9 Å². The first-order valence-corrected chi connectivity index (χ1v) is 12.9. The molecular formula is C31H28Cl2N2O4. The van der Waals surface area contributed by atoms with Crippen LogP contribution in [0.1, 0.15) is 24.0 Å². The minimum Gasteiger partial charge on any atom is -0.464 e. The number of hydrogen-bond donors (Lipinski definition) is 2. The van der Waals surface area contributed by atoms with E-state index in [9.17, 15) is 9.59 Å². The van der Waals surface area contributed by atoms with Gasteiger partial charge in [0, 0.05) is 24.4 Å². The number of para-hydroxylation sites is 2. The fourth-order valence-electron chi connectivity index (χ4n) is 3.73. The van der Waals surface area contributed by atoms with Crippen LogP contribution in [0.15, 0.2) is 66.7 Å². The molecule has 3 rings (SSSR count). The number of ether oxygens (including phenoxy) is 2. The van der Waals surface area contributed by atoms with Crippen LogP contribution in [0, 0.1) is 30.6 Å². The van der Waals surface area contributed by atoms with Gasteiger partial charge in [-0.25, -0.2) is 0 Å². The molecule has 0 saturated carbocycles. The molecule has 0 aliphatic rings. The summed E-state index contributed by atoms with van der Waals surface area (Å²) in [6, 6.07) is 18.4. The van der Waals surface area contributed by atoms with Crippen LogP contribution in [0.25, 0.3) is 0 Å². The van der Waals surface area contributed by atoms with Gasteiger partial charge in [-0.15, -0.1) is 24.7 Å². The lowest BCUT2D eigenvalue weighted by molar-refractivity contribution is -0.146. The standard InChI is InChI=1S/C31H28Cl2N2O4/c1-3-8-22(9-4-2)20-38-31(37)27(34)18-21-14-16-24(17-15-21)39-29(36)19-23-10-5-6-13-28(23)35-30-25(32)11-7-12-26(30)33/h1-2,5-7,10-17,22,27,35H,8-9,18-20,34H2. The molecule has 1 atom stereocenters. The Kier molecular flexibility index (Phi) is 11.3. The molecule has 0 aliphatic carbocycles. The average Bonchev–Trinajstić information content (AvgIpc) is 2.91. The SMILES string of the molecule is C#CCC(CC#C)COC(=O)C(N)Cc1ccc(OC(=O)Cc2ccccc2Nc2c(Cl)cccc2Cl)cc1. The Morgan fingerprint density at radius 1 is 0.923 bits per heavy atom. The molecule has 0 fully saturated rings. The summed E-state index contributed by atoms with van der Waals surface area (Å²) in [4.78, 5) is 25.0. The second-order valence-electron chi connectivity index (χ2n) is 8.80. The van der Waals surface area contributed by atoms with Crippen molar-refractivity contribution in [2.75, 3.05) is 11.9 Å². The lowest BCUT2D eigenvalue weighted by Gasteiger charge is -2.15. The number of esters is 2. The number of hydrogen-bond acceptors (Lipinski definition) is 6. The first kappa shape index (κ1) is 29.6. The van der Waals surface area contributed by atoms with Crippen molar-refractivity contribution in [1.82, 2.24) is 0 Å². The van der Waals surface area contributed by atoms with Crippen LogP contribution in [-0.2, 0) is 27.2 Å². The van der Waals surface area contributed by atoms with Gasteiger partial charge in [0.05, 0.1) is 28.8 Å². The van der Waals surface area contributed by atoms with Crippen LogP contribution < -0.4 is 15.8 Å². The lowest BCUT2D eigenvalue weighted by Crippen LogP contribution is -2.35. The predicted octanol–water partition coefficient (Wildman–Crippen LogP) is 5.96. The lowest BCUT2D eigenvalue weighted by atomic mass is 10.0. The minimum absolute atomic E-state index is 0.0179. The molecule has 3 aromatic carbocycles. The molecule has 0 saturated heterocycles. The average molecular weight is 563 g/mol. The van der Waals surface area contributed by atoms with Crippen molar-refractivity contribution in [2.24, 2.45) is 11.7 Å². The molecule has 200 valence electrons. The highest BCUT2D eigenvalue weighted by Crippen LogP contribution is 2.33. The second-order valence-corrected chi connectivity index (χ2v) is 9.61. The number of terminal acetylenes is 2. The smallest absolute Gasteiger partial charge is 0.323 e. The van der Waals surface area contributed by atoms with Crippen LogP contribution in [0.5, 0.6) is 5.75 Å².